The molecule has 31 heavy (non-hydrogen) atoms. The summed E-state index contributed by atoms with van der Waals surface area (Å²) in [5.41, 5.74) is 1.30. The Balaban J connectivity index is 1.36. The van der Waals surface area contributed by atoms with E-state index in [0.29, 0.717) is 0 Å². The predicted octanol–water partition coefficient (Wildman–Crippen LogP) is 2.18. The number of aryl methyl sites for hydroxylation is 1. The number of rotatable bonds is 7. The fraction of sp³-hybridized carbons (Fsp3) is 0.609. The zero-order valence-corrected chi connectivity index (χ0v) is 18.6. The van der Waals surface area contributed by atoms with Crippen LogP contribution in [0.5, 0.6) is 0 Å². The van der Waals surface area contributed by atoms with Crippen molar-refractivity contribution in [2.45, 2.75) is 45.3 Å². The summed E-state index contributed by atoms with van der Waals surface area (Å²) in [5, 5.41) is 11.8. The average molecular weight is 426 g/mol. The Bertz CT molecular complexity index is 808. The molecule has 1 N–H and O–H groups in total. The standard InChI is InChI=1S/C23H35N7O/c1-2-22-27-26-19-30(22)12-11-24-23(25-18-21-10-6-7-17-31-21)29-15-13-28(14-16-29)20-8-4-3-5-9-20/h3-5,8-9,19,21H,2,6-7,10-18H2,1H3,(H,24,25). The third-order valence-electron chi connectivity index (χ3n) is 6.07. The monoisotopic (exact) mass is 425 g/mol. The second-order valence-corrected chi connectivity index (χ2v) is 8.18. The number of aromatic nitrogens is 3. The number of hydrogen-bond donors (Lipinski definition) is 1. The van der Waals surface area contributed by atoms with Crippen LogP contribution in [0, 0.1) is 0 Å². The SMILES string of the molecule is CCc1nncn1CCNC(=NCC1CCCCO1)N1CCN(c2ccccc2)CC1. The number of guanidine groups is 1. The topological polar surface area (TPSA) is 70.8 Å². The van der Waals surface area contributed by atoms with E-state index in [0.717, 1.165) is 77.0 Å². The Hall–Kier alpha value is -2.61. The van der Waals surface area contributed by atoms with Crippen molar-refractivity contribution in [1.82, 2.24) is 25.0 Å². The summed E-state index contributed by atoms with van der Waals surface area (Å²) in [6.45, 7) is 9.25. The van der Waals surface area contributed by atoms with Gasteiger partial charge in [0.25, 0.3) is 0 Å². The van der Waals surface area contributed by atoms with Gasteiger partial charge >= 0.3 is 0 Å². The summed E-state index contributed by atoms with van der Waals surface area (Å²) in [6, 6.07) is 10.7. The highest BCUT2D eigenvalue weighted by atomic mass is 16.5. The Morgan fingerprint density at radius 3 is 2.74 bits per heavy atom. The fourth-order valence-electron chi connectivity index (χ4n) is 4.25. The number of piperazine rings is 1. The molecule has 168 valence electrons. The van der Waals surface area contributed by atoms with Gasteiger partial charge in [-0.25, -0.2) is 0 Å². The molecule has 0 bridgehead atoms. The Labute approximate surface area is 185 Å². The predicted molar refractivity (Wildman–Crippen MR) is 124 cm³/mol. The van der Waals surface area contributed by atoms with Gasteiger partial charge in [-0.3, -0.25) is 4.99 Å². The molecule has 2 aliphatic heterocycles. The zero-order valence-electron chi connectivity index (χ0n) is 18.6. The first-order chi connectivity index (χ1) is 15.3. The molecule has 0 amide bonds. The highest BCUT2D eigenvalue weighted by Gasteiger charge is 2.21. The second-order valence-electron chi connectivity index (χ2n) is 8.18. The number of para-hydroxylation sites is 1. The highest BCUT2D eigenvalue weighted by molar-refractivity contribution is 5.80. The van der Waals surface area contributed by atoms with Crippen molar-refractivity contribution in [3.8, 4) is 0 Å². The van der Waals surface area contributed by atoms with Crippen molar-refractivity contribution in [3.05, 3.63) is 42.5 Å². The van der Waals surface area contributed by atoms with Crippen LogP contribution in [0.15, 0.2) is 41.7 Å². The minimum atomic E-state index is 0.251. The Kier molecular flexibility index (Phi) is 7.76. The van der Waals surface area contributed by atoms with Crippen molar-refractivity contribution < 1.29 is 4.74 Å². The van der Waals surface area contributed by atoms with Gasteiger partial charge in [0.05, 0.1) is 12.6 Å². The van der Waals surface area contributed by atoms with E-state index in [1.165, 1.54) is 18.5 Å². The van der Waals surface area contributed by atoms with Crippen LogP contribution in [-0.4, -0.2) is 77.6 Å². The quantitative estimate of drug-likeness (QED) is 0.542. The van der Waals surface area contributed by atoms with E-state index in [-0.39, 0.29) is 6.10 Å². The number of anilines is 1. The van der Waals surface area contributed by atoms with Crippen molar-refractivity contribution >= 4 is 11.6 Å². The molecule has 0 aliphatic carbocycles. The number of benzene rings is 1. The third kappa shape index (κ3) is 5.97. The maximum absolute atomic E-state index is 5.90. The van der Waals surface area contributed by atoms with E-state index in [2.05, 4.69) is 67.1 Å². The molecular formula is C23H35N7O. The number of ether oxygens (including phenoxy) is 1. The van der Waals surface area contributed by atoms with Crippen LogP contribution < -0.4 is 10.2 Å². The molecule has 8 nitrogen and oxygen atoms in total. The van der Waals surface area contributed by atoms with Gasteiger partial charge in [-0.2, -0.15) is 0 Å². The Morgan fingerprint density at radius 2 is 2.00 bits per heavy atom. The molecule has 8 heteroatoms. The lowest BCUT2D eigenvalue weighted by Crippen LogP contribution is -2.53. The third-order valence-corrected chi connectivity index (χ3v) is 6.07. The summed E-state index contributed by atoms with van der Waals surface area (Å²) < 4.78 is 8.02. The van der Waals surface area contributed by atoms with Gasteiger partial charge in [0, 0.05) is 58.0 Å². The van der Waals surface area contributed by atoms with Gasteiger partial charge in [-0.05, 0) is 31.4 Å². The van der Waals surface area contributed by atoms with E-state index < -0.39 is 0 Å². The molecule has 0 spiro atoms. The molecule has 0 saturated carbocycles. The van der Waals surface area contributed by atoms with Gasteiger partial charge in [0.15, 0.2) is 5.96 Å². The van der Waals surface area contributed by atoms with Crippen molar-refractivity contribution in [3.63, 3.8) is 0 Å². The maximum atomic E-state index is 5.90. The van der Waals surface area contributed by atoms with Gasteiger partial charge in [-0.1, -0.05) is 25.1 Å². The van der Waals surface area contributed by atoms with Crippen LogP contribution in [0.1, 0.15) is 32.0 Å². The van der Waals surface area contributed by atoms with Crippen LogP contribution in [0.2, 0.25) is 0 Å². The summed E-state index contributed by atoms with van der Waals surface area (Å²) >= 11 is 0. The molecule has 3 heterocycles. The molecular weight excluding hydrogens is 390 g/mol. The molecule has 1 unspecified atom stereocenters. The first kappa shape index (κ1) is 21.6. The van der Waals surface area contributed by atoms with Crippen molar-refractivity contribution in [2.24, 2.45) is 4.99 Å². The van der Waals surface area contributed by atoms with Crippen LogP contribution in [0.25, 0.3) is 0 Å². The Morgan fingerprint density at radius 1 is 1.16 bits per heavy atom. The van der Waals surface area contributed by atoms with Crippen molar-refractivity contribution in [1.29, 1.82) is 0 Å². The first-order valence-corrected chi connectivity index (χ1v) is 11.6. The van der Waals surface area contributed by atoms with Gasteiger partial charge in [-0.15, -0.1) is 10.2 Å². The lowest BCUT2D eigenvalue weighted by atomic mass is 10.1. The van der Waals surface area contributed by atoms with Crippen molar-refractivity contribution in [2.75, 3.05) is 50.8 Å². The lowest BCUT2D eigenvalue weighted by Gasteiger charge is -2.38. The normalized spacial score (nSPS) is 20.2. The van der Waals surface area contributed by atoms with Crippen LogP contribution in [0.3, 0.4) is 0 Å². The van der Waals surface area contributed by atoms with E-state index in [9.17, 15) is 0 Å². The molecule has 2 fully saturated rings. The van der Waals surface area contributed by atoms with Gasteiger partial charge in [0.2, 0.25) is 0 Å². The molecule has 0 radical (unpaired) electrons. The second kappa shape index (κ2) is 11.1. The van der Waals surface area contributed by atoms with Crippen LogP contribution in [-0.2, 0) is 17.7 Å². The van der Waals surface area contributed by atoms with E-state index in [4.69, 9.17) is 9.73 Å². The fourth-order valence-corrected chi connectivity index (χ4v) is 4.25. The van der Waals surface area contributed by atoms with Gasteiger partial charge < -0.3 is 24.4 Å². The van der Waals surface area contributed by atoms with E-state index in [1.54, 1.807) is 0 Å². The largest absolute Gasteiger partial charge is 0.376 e. The summed E-state index contributed by atoms with van der Waals surface area (Å²) in [5.74, 6) is 2.01. The molecule has 2 aromatic rings. The zero-order chi connectivity index (χ0) is 21.3. The average Bonchev–Trinajstić information content (AvgIpc) is 3.30. The number of hydrogen-bond acceptors (Lipinski definition) is 5. The lowest BCUT2D eigenvalue weighted by molar-refractivity contribution is 0.0223. The molecule has 1 aromatic carbocycles. The maximum Gasteiger partial charge on any atom is 0.194 e. The summed E-state index contributed by atoms with van der Waals surface area (Å²) in [6.07, 6.45) is 6.48. The number of nitrogens with zero attached hydrogens (tertiary/aromatic N) is 6. The van der Waals surface area contributed by atoms with E-state index >= 15 is 0 Å². The summed E-state index contributed by atoms with van der Waals surface area (Å²) in [7, 11) is 0. The van der Waals surface area contributed by atoms with Crippen LogP contribution in [0.4, 0.5) is 5.69 Å². The minimum Gasteiger partial charge on any atom is -0.376 e. The number of aliphatic imine (C=N–C) groups is 1. The molecule has 4 rings (SSSR count). The first-order valence-electron chi connectivity index (χ1n) is 11.6. The molecule has 2 saturated heterocycles. The summed E-state index contributed by atoms with van der Waals surface area (Å²) in [4.78, 5) is 9.81. The number of nitrogens with one attached hydrogen (secondary N) is 1. The highest BCUT2D eigenvalue weighted by Crippen LogP contribution is 2.16. The molecule has 1 atom stereocenters. The smallest absolute Gasteiger partial charge is 0.194 e. The van der Waals surface area contributed by atoms with Crippen LogP contribution >= 0.6 is 0 Å². The molecule has 1 aromatic heterocycles. The van der Waals surface area contributed by atoms with E-state index in [1.807, 2.05) is 6.33 Å². The van der Waals surface area contributed by atoms with Gasteiger partial charge in [0.1, 0.15) is 12.2 Å². The minimum absolute atomic E-state index is 0.251. The molecule has 2 aliphatic rings.